The molecule has 3 aliphatic rings. The van der Waals surface area contributed by atoms with Gasteiger partial charge in [-0.15, -0.1) is 5.10 Å². The van der Waals surface area contributed by atoms with Gasteiger partial charge >= 0.3 is 0 Å². The number of aryl methyl sites for hydroxylation is 3. The molecule has 0 spiro atoms. The second-order valence-corrected chi connectivity index (χ2v) is 9.54. The van der Waals surface area contributed by atoms with Gasteiger partial charge in [0.05, 0.1) is 5.57 Å². The van der Waals surface area contributed by atoms with Crippen LogP contribution in [0.25, 0.3) is 11.8 Å². The SMILES string of the molecule is Cc1cc(C)cc(-n2c(C)cc(/C=C3\C(=N)N4N=C(N5CCCC5)SC4=NC3=O)c2C)c1. The number of thioether (sulfide) groups is 1. The molecule has 1 amide bonds. The highest BCUT2D eigenvalue weighted by atomic mass is 32.2. The van der Waals surface area contributed by atoms with Crippen LogP contribution in [0.4, 0.5) is 0 Å². The number of likely N-dealkylation sites (tertiary alicyclic amines) is 1. The number of hydrazone groups is 1. The normalized spacial score (nSPS) is 19.7. The fraction of sp³-hybridized carbons (Fsp3) is 0.333. The summed E-state index contributed by atoms with van der Waals surface area (Å²) in [5, 5.41) is 16.1. The van der Waals surface area contributed by atoms with Gasteiger partial charge in [-0.25, -0.2) is 0 Å². The van der Waals surface area contributed by atoms with Gasteiger partial charge in [0.15, 0.2) is 11.0 Å². The van der Waals surface area contributed by atoms with Gasteiger partial charge in [0, 0.05) is 30.2 Å². The van der Waals surface area contributed by atoms with Gasteiger partial charge in [-0.2, -0.15) is 10.0 Å². The molecule has 32 heavy (non-hydrogen) atoms. The molecule has 4 heterocycles. The molecule has 2 aromatic rings. The van der Waals surface area contributed by atoms with E-state index in [-0.39, 0.29) is 17.3 Å². The third-order valence-corrected chi connectivity index (χ3v) is 7.02. The van der Waals surface area contributed by atoms with Crippen molar-refractivity contribution in [3.8, 4) is 5.69 Å². The Morgan fingerprint density at radius 3 is 2.38 bits per heavy atom. The average Bonchev–Trinajstić information content (AvgIpc) is 3.44. The molecule has 164 valence electrons. The van der Waals surface area contributed by atoms with Gasteiger partial charge in [0.1, 0.15) is 0 Å². The molecular formula is C24H26N6OS. The highest BCUT2D eigenvalue weighted by molar-refractivity contribution is 8.26. The number of carbonyl (C=O) groups excluding carboxylic acids is 1. The summed E-state index contributed by atoms with van der Waals surface area (Å²) >= 11 is 1.38. The van der Waals surface area contributed by atoms with Gasteiger partial charge in [0.25, 0.3) is 5.91 Å². The number of hydrogen-bond donors (Lipinski definition) is 1. The van der Waals surface area contributed by atoms with Crippen molar-refractivity contribution in [2.24, 2.45) is 10.1 Å². The van der Waals surface area contributed by atoms with Crippen molar-refractivity contribution in [3.63, 3.8) is 0 Å². The summed E-state index contributed by atoms with van der Waals surface area (Å²) in [7, 11) is 0. The first kappa shape index (κ1) is 20.8. The molecule has 1 aromatic carbocycles. The molecular weight excluding hydrogens is 420 g/mol. The van der Waals surface area contributed by atoms with Crippen molar-refractivity contribution in [2.75, 3.05) is 13.1 Å². The number of aliphatic imine (C=N–C) groups is 1. The summed E-state index contributed by atoms with van der Waals surface area (Å²) < 4.78 is 2.19. The zero-order valence-electron chi connectivity index (χ0n) is 18.8. The lowest BCUT2D eigenvalue weighted by Crippen LogP contribution is -2.35. The molecule has 8 heteroatoms. The van der Waals surface area contributed by atoms with Crippen LogP contribution in [-0.2, 0) is 4.79 Å². The van der Waals surface area contributed by atoms with E-state index >= 15 is 0 Å². The smallest absolute Gasteiger partial charge is 0.283 e. The zero-order chi connectivity index (χ0) is 22.6. The Bertz CT molecular complexity index is 1230. The lowest BCUT2D eigenvalue weighted by molar-refractivity contribution is -0.114. The summed E-state index contributed by atoms with van der Waals surface area (Å²) in [6.07, 6.45) is 4.06. The number of nitrogens with zero attached hydrogens (tertiary/aromatic N) is 5. The van der Waals surface area contributed by atoms with E-state index in [1.54, 1.807) is 6.08 Å². The standard InChI is InChI=1S/C24H26N6OS/c1-14-9-15(2)11-19(10-14)29-16(3)12-18(17(29)4)13-20-21(25)30-23(26-22(20)31)32-24(27-30)28-7-5-6-8-28/h9-13,25H,5-8H2,1-4H3/b20-13+,25-21?. The van der Waals surface area contributed by atoms with E-state index in [9.17, 15) is 4.79 Å². The van der Waals surface area contributed by atoms with Gasteiger partial charge in [-0.3, -0.25) is 10.2 Å². The monoisotopic (exact) mass is 446 g/mol. The number of aromatic nitrogens is 1. The summed E-state index contributed by atoms with van der Waals surface area (Å²) in [5.74, 6) is -0.305. The molecule has 0 unspecified atom stereocenters. The van der Waals surface area contributed by atoms with Crippen LogP contribution in [-0.4, -0.2) is 49.6 Å². The minimum Gasteiger partial charge on any atom is -0.349 e. The van der Waals surface area contributed by atoms with Crippen molar-refractivity contribution in [1.82, 2.24) is 14.5 Å². The third-order valence-electron chi connectivity index (χ3n) is 6.06. The Labute approximate surface area is 192 Å². The van der Waals surface area contributed by atoms with Gasteiger partial charge in [0.2, 0.25) is 5.17 Å². The predicted molar refractivity (Wildman–Crippen MR) is 131 cm³/mol. The van der Waals surface area contributed by atoms with Crippen LogP contribution >= 0.6 is 11.8 Å². The van der Waals surface area contributed by atoms with Crippen LogP contribution in [0.2, 0.25) is 0 Å². The number of carbonyl (C=O) groups is 1. The van der Waals surface area contributed by atoms with Crippen LogP contribution < -0.4 is 0 Å². The Morgan fingerprint density at radius 2 is 1.69 bits per heavy atom. The molecule has 1 fully saturated rings. The van der Waals surface area contributed by atoms with E-state index in [1.807, 2.05) is 6.92 Å². The molecule has 0 bridgehead atoms. The van der Waals surface area contributed by atoms with Crippen molar-refractivity contribution < 1.29 is 4.79 Å². The summed E-state index contributed by atoms with van der Waals surface area (Å²) in [6, 6.07) is 8.52. The highest BCUT2D eigenvalue weighted by Gasteiger charge is 2.37. The number of rotatable bonds is 2. The second-order valence-electron chi connectivity index (χ2n) is 8.60. The Kier molecular flexibility index (Phi) is 5.04. The van der Waals surface area contributed by atoms with E-state index in [2.05, 4.69) is 64.6 Å². The number of fused-ring (bicyclic) bond motifs is 1. The molecule has 1 aromatic heterocycles. The quantitative estimate of drug-likeness (QED) is 0.695. The van der Waals surface area contributed by atoms with Crippen LogP contribution in [0.15, 0.2) is 39.9 Å². The summed E-state index contributed by atoms with van der Waals surface area (Å²) in [5.41, 5.74) is 6.78. The number of benzene rings is 1. The van der Waals surface area contributed by atoms with E-state index in [1.165, 1.54) is 27.9 Å². The maximum Gasteiger partial charge on any atom is 0.283 e. The van der Waals surface area contributed by atoms with E-state index in [0.717, 1.165) is 53.7 Å². The first-order chi connectivity index (χ1) is 15.3. The second kappa shape index (κ2) is 7.78. The Hall–Kier alpha value is -3.13. The Morgan fingerprint density at radius 1 is 1.00 bits per heavy atom. The number of amides is 1. The van der Waals surface area contributed by atoms with E-state index in [4.69, 9.17) is 5.41 Å². The van der Waals surface area contributed by atoms with Crippen molar-refractivity contribution >= 4 is 39.9 Å². The number of hydrogen-bond acceptors (Lipinski definition) is 5. The minimum absolute atomic E-state index is 0.0814. The van der Waals surface area contributed by atoms with Crippen LogP contribution in [0, 0.1) is 33.1 Å². The van der Waals surface area contributed by atoms with Gasteiger partial charge in [-0.1, -0.05) is 6.07 Å². The first-order valence-corrected chi connectivity index (χ1v) is 11.7. The van der Waals surface area contributed by atoms with Crippen LogP contribution in [0.3, 0.4) is 0 Å². The maximum absolute atomic E-state index is 12.8. The number of nitrogens with one attached hydrogen (secondary N) is 1. The Balaban J connectivity index is 1.51. The maximum atomic E-state index is 12.8. The molecule has 3 aliphatic heterocycles. The molecule has 0 aliphatic carbocycles. The van der Waals surface area contributed by atoms with Crippen molar-refractivity contribution in [1.29, 1.82) is 5.41 Å². The molecule has 5 rings (SSSR count). The topological polar surface area (TPSA) is 77.1 Å². The predicted octanol–water partition coefficient (Wildman–Crippen LogP) is 4.38. The molecule has 0 saturated carbocycles. The lowest BCUT2D eigenvalue weighted by Gasteiger charge is -2.20. The van der Waals surface area contributed by atoms with Gasteiger partial charge in [-0.05, 0) is 93.3 Å². The lowest BCUT2D eigenvalue weighted by atomic mass is 10.1. The molecule has 0 atom stereocenters. The molecule has 7 nitrogen and oxygen atoms in total. The highest BCUT2D eigenvalue weighted by Crippen LogP contribution is 2.32. The van der Waals surface area contributed by atoms with E-state index in [0.29, 0.717) is 5.17 Å². The first-order valence-electron chi connectivity index (χ1n) is 10.8. The number of amidine groups is 3. The van der Waals surface area contributed by atoms with Crippen molar-refractivity contribution in [3.05, 3.63) is 57.9 Å². The minimum atomic E-state index is -0.386. The van der Waals surface area contributed by atoms with Gasteiger partial charge < -0.3 is 9.47 Å². The van der Waals surface area contributed by atoms with Crippen LogP contribution in [0.1, 0.15) is 40.9 Å². The average molecular weight is 447 g/mol. The largest absolute Gasteiger partial charge is 0.349 e. The molecule has 1 N–H and O–H groups in total. The summed E-state index contributed by atoms with van der Waals surface area (Å²) in [4.78, 5) is 19.3. The molecule has 0 radical (unpaired) electrons. The fourth-order valence-corrected chi connectivity index (χ4v) is 5.53. The zero-order valence-corrected chi connectivity index (χ0v) is 19.6. The molecule has 1 saturated heterocycles. The van der Waals surface area contributed by atoms with Crippen LogP contribution in [0.5, 0.6) is 0 Å². The summed E-state index contributed by atoms with van der Waals surface area (Å²) in [6.45, 7) is 10.2. The van der Waals surface area contributed by atoms with Crippen molar-refractivity contribution in [2.45, 2.75) is 40.5 Å². The van der Waals surface area contributed by atoms with E-state index < -0.39 is 0 Å². The third kappa shape index (κ3) is 3.48. The fourth-order valence-electron chi connectivity index (χ4n) is 4.58.